The zero-order valence-electron chi connectivity index (χ0n) is 10.1. The van der Waals surface area contributed by atoms with Crippen molar-refractivity contribution in [2.24, 2.45) is 0 Å². The van der Waals surface area contributed by atoms with Crippen LogP contribution in [0.25, 0.3) is 11.1 Å². The smallest absolute Gasteiger partial charge is 0.0556 e. The third-order valence-electron chi connectivity index (χ3n) is 2.75. The maximum Gasteiger partial charge on any atom is 0.0556 e. The topological polar surface area (TPSA) is 32.3 Å². The van der Waals surface area contributed by atoms with Crippen molar-refractivity contribution in [1.82, 2.24) is 5.32 Å². The summed E-state index contributed by atoms with van der Waals surface area (Å²) in [7, 11) is 0. The van der Waals surface area contributed by atoms with E-state index < -0.39 is 0 Å². The summed E-state index contributed by atoms with van der Waals surface area (Å²) >= 11 is 5.87. The fourth-order valence-corrected chi connectivity index (χ4v) is 1.90. The molecule has 0 bridgehead atoms. The molecule has 0 spiro atoms. The molecule has 0 unspecified atom stereocenters. The van der Waals surface area contributed by atoms with E-state index in [2.05, 4.69) is 29.6 Å². The van der Waals surface area contributed by atoms with Gasteiger partial charge in [0, 0.05) is 18.1 Å². The molecule has 0 aliphatic carbocycles. The number of aliphatic hydroxyl groups excluding tert-OH is 1. The maximum absolute atomic E-state index is 8.69. The first-order valence-corrected chi connectivity index (χ1v) is 6.34. The van der Waals surface area contributed by atoms with Crippen LogP contribution >= 0.6 is 11.6 Å². The zero-order chi connectivity index (χ0) is 12.8. The first-order chi connectivity index (χ1) is 8.79. The minimum absolute atomic E-state index is 0.170. The van der Waals surface area contributed by atoms with Gasteiger partial charge in [-0.25, -0.2) is 0 Å². The predicted octanol–water partition coefficient (Wildman–Crippen LogP) is 3.09. The number of nitrogens with one attached hydrogen (secondary N) is 1. The number of benzene rings is 2. The van der Waals surface area contributed by atoms with Crippen molar-refractivity contribution < 1.29 is 5.11 Å². The lowest BCUT2D eigenvalue weighted by Gasteiger charge is -2.05. The summed E-state index contributed by atoms with van der Waals surface area (Å²) in [6.07, 6.45) is 0. The highest BCUT2D eigenvalue weighted by atomic mass is 35.5. The van der Waals surface area contributed by atoms with E-state index in [0.717, 1.165) is 17.1 Å². The summed E-state index contributed by atoms with van der Waals surface area (Å²) in [6, 6.07) is 16.2. The van der Waals surface area contributed by atoms with E-state index in [1.54, 1.807) is 0 Å². The fraction of sp³-hybridized carbons (Fsp3) is 0.200. The quantitative estimate of drug-likeness (QED) is 0.811. The van der Waals surface area contributed by atoms with Crippen molar-refractivity contribution in [2.45, 2.75) is 6.54 Å². The van der Waals surface area contributed by atoms with E-state index >= 15 is 0 Å². The summed E-state index contributed by atoms with van der Waals surface area (Å²) in [4.78, 5) is 0. The lowest BCUT2D eigenvalue weighted by molar-refractivity contribution is 0.292. The summed E-state index contributed by atoms with van der Waals surface area (Å²) in [5.41, 5.74) is 3.55. The molecule has 2 nitrogen and oxygen atoms in total. The standard InChI is InChI=1S/C15H16ClNO/c16-15-7-5-14(6-8-15)13-3-1-12(2-4-13)11-17-9-10-18/h1-8,17-18H,9-11H2. The molecule has 0 saturated heterocycles. The highest BCUT2D eigenvalue weighted by Gasteiger charge is 1.98. The first kappa shape index (κ1) is 13.1. The average molecular weight is 262 g/mol. The van der Waals surface area contributed by atoms with Crippen molar-refractivity contribution >= 4 is 11.6 Å². The second-order valence-corrected chi connectivity index (χ2v) is 4.54. The Labute approximate surface area is 112 Å². The van der Waals surface area contributed by atoms with Crippen LogP contribution in [0, 0.1) is 0 Å². The van der Waals surface area contributed by atoms with Crippen LogP contribution < -0.4 is 5.32 Å². The van der Waals surface area contributed by atoms with Gasteiger partial charge < -0.3 is 10.4 Å². The minimum Gasteiger partial charge on any atom is -0.395 e. The predicted molar refractivity (Wildman–Crippen MR) is 75.7 cm³/mol. The Balaban J connectivity index is 2.05. The number of halogens is 1. The molecule has 0 aromatic heterocycles. The van der Waals surface area contributed by atoms with Gasteiger partial charge in [-0.05, 0) is 28.8 Å². The molecule has 0 radical (unpaired) electrons. The minimum atomic E-state index is 0.170. The summed E-state index contributed by atoms with van der Waals surface area (Å²) in [5, 5.41) is 12.6. The van der Waals surface area contributed by atoms with Crippen LogP contribution in [0.5, 0.6) is 0 Å². The van der Waals surface area contributed by atoms with Crippen LogP contribution in [0.3, 0.4) is 0 Å². The first-order valence-electron chi connectivity index (χ1n) is 5.96. The second-order valence-electron chi connectivity index (χ2n) is 4.10. The van der Waals surface area contributed by atoms with E-state index in [-0.39, 0.29) is 6.61 Å². The van der Waals surface area contributed by atoms with Gasteiger partial charge in [-0.1, -0.05) is 48.0 Å². The molecule has 94 valence electrons. The molecule has 2 aromatic rings. The highest BCUT2D eigenvalue weighted by Crippen LogP contribution is 2.21. The SMILES string of the molecule is OCCNCc1ccc(-c2ccc(Cl)cc2)cc1. The van der Waals surface area contributed by atoms with E-state index in [1.165, 1.54) is 11.1 Å². The lowest BCUT2D eigenvalue weighted by atomic mass is 10.0. The normalized spacial score (nSPS) is 10.6. The number of hydrogen-bond donors (Lipinski definition) is 2. The van der Waals surface area contributed by atoms with Crippen LogP contribution in [0.4, 0.5) is 0 Å². The van der Waals surface area contributed by atoms with E-state index in [0.29, 0.717) is 6.54 Å². The second kappa shape index (κ2) is 6.55. The van der Waals surface area contributed by atoms with E-state index in [9.17, 15) is 0 Å². The highest BCUT2D eigenvalue weighted by molar-refractivity contribution is 6.30. The van der Waals surface area contributed by atoms with Crippen molar-refractivity contribution in [3.8, 4) is 11.1 Å². The zero-order valence-corrected chi connectivity index (χ0v) is 10.8. The van der Waals surface area contributed by atoms with Gasteiger partial charge in [0.25, 0.3) is 0 Å². The number of hydrogen-bond acceptors (Lipinski definition) is 2. The molecule has 0 atom stereocenters. The Morgan fingerprint density at radius 1 is 0.889 bits per heavy atom. The van der Waals surface area contributed by atoms with Crippen molar-refractivity contribution in [3.05, 3.63) is 59.1 Å². The molecule has 0 amide bonds. The van der Waals surface area contributed by atoms with Gasteiger partial charge in [0.05, 0.1) is 6.61 Å². The molecule has 3 heteroatoms. The molecule has 2 rings (SSSR count). The van der Waals surface area contributed by atoms with Crippen LogP contribution in [-0.4, -0.2) is 18.3 Å². The third kappa shape index (κ3) is 3.57. The number of rotatable bonds is 5. The van der Waals surface area contributed by atoms with Crippen molar-refractivity contribution in [2.75, 3.05) is 13.2 Å². The van der Waals surface area contributed by atoms with E-state index in [4.69, 9.17) is 16.7 Å². The Kier molecular flexibility index (Phi) is 4.76. The third-order valence-corrected chi connectivity index (χ3v) is 3.00. The van der Waals surface area contributed by atoms with Gasteiger partial charge in [0.2, 0.25) is 0 Å². The van der Waals surface area contributed by atoms with Gasteiger partial charge in [-0.2, -0.15) is 0 Å². The van der Waals surface area contributed by atoms with Crippen LogP contribution in [0.1, 0.15) is 5.56 Å². The fourth-order valence-electron chi connectivity index (χ4n) is 1.77. The monoisotopic (exact) mass is 261 g/mol. The molecule has 2 N–H and O–H groups in total. The van der Waals surface area contributed by atoms with Crippen LogP contribution in [-0.2, 0) is 6.54 Å². The van der Waals surface area contributed by atoms with Gasteiger partial charge in [0.1, 0.15) is 0 Å². The Morgan fingerprint density at radius 3 is 2.00 bits per heavy atom. The molecule has 0 aliphatic heterocycles. The van der Waals surface area contributed by atoms with Gasteiger partial charge in [0.15, 0.2) is 0 Å². The van der Waals surface area contributed by atoms with Crippen LogP contribution in [0.2, 0.25) is 5.02 Å². The van der Waals surface area contributed by atoms with Crippen molar-refractivity contribution in [1.29, 1.82) is 0 Å². The van der Waals surface area contributed by atoms with Gasteiger partial charge >= 0.3 is 0 Å². The van der Waals surface area contributed by atoms with Gasteiger partial charge in [-0.15, -0.1) is 0 Å². The molecule has 0 fully saturated rings. The Bertz CT molecular complexity index is 479. The largest absolute Gasteiger partial charge is 0.395 e. The Hall–Kier alpha value is -1.35. The summed E-state index contributed by atoms with van der Waals surface area (Å²) < 4.78 is 0. The molecule has 0 aliphatic rings. The molecule has 0 saturated carbocycles. The average Bonchev–Trinajstić information content (AvgIpc) is 2.41. The lowest BCUT2D eigenvalue weighted by Crippen LogP contribution is -2.17. The van der Waals surface area contributed by atoms with Crippen molar-refractivity contribution in [3.63, 3.8) is 0 Å². The van der Waals surface area contributed by atoms with Gasteiger partial charge in [-0.3, -0.25) is 0 Å². The molecular formula is C15H16ClNO. The Morgan fingerprint density at radius 2 is 1.44 bits per heavy atom. The summed E-state index contributed by atoms with van der Waals surface area (Å²) in [6.45, 7) is 1.57. The molecule has 0 heterocycles. The maximum atomic E-state index is 8.69. The molecule has 2 aromatic carbocycles. The molecular weight excluding hydrogens is 246 g/mol. The number of aliphatic hydroxyl groups is 1. The van der Waals surface area contributed by atoms with Crippen LogP contribution in [0.15, 0.2) is 48.5 Å². The summed E-state index contributed by atoms with van der Waals surface area (Å²) in [5.74, 6) is 0. The molecule has 18 heavy (non-hydrogen) atoms. The van der Waals surface area contributed by atoms with E-state index in [1.807, 2.05) is 24.3 Å².